The molecule has 0 atom stereocenters. The predicted octanol–water partition coefficient (Wildman–Crippen LogP) is 5.07. The highest BCUT2D eigenvalue weighted by Crippen LogP contribution is 2.39. The lowest BCUT2D eigenvalue weighted by atomic mass is 9.81. The zero-order valence-corrected chi connectivity index (χ0v) is 18.7. The largest absolute Gasteiger partial charge is 0.471 e. The van der Waals surface area contributed by atoms with E-state index in [1.807, 2.05) is 40.2 Å². The molecule has 34 heavy (non-hydrogen) atoms. The van der Waals surface area contributed by atoms with Gasteiger partial charge >= 0.3 is 12.1 Å². The van der Waals surface area contributed by atoms with E-state index in [1.54, 1.807) is 6.20 Å². The molecule has 5 rings (SSSR count). The SMILES string of the molecule is Nc1nccn2c1c(-c1cc3cccc(Cl)c3[nH]1)nc2[C@H]1CC[C@H](CNC(=O)C(F)(F)F)CC1. The number of nitrogens with zero attached hydrogens (tertiary/aromatic N) is 3. The Balaban J connectivity index is 1.41. The van der Waals surface area contributed by atoms with Gasteiger partial charge in [0.05, 0.1) is 16.2 Å². The number of aromatic amines is 1. The first-order valence-corrected chi connectivity index (χ1v) is 11.3. The number of nitrogen functional groups attached to an aromatic ring is 1. The summed E-state index contributed by atoms with van der Waals surface area (Å²) in [5.74, 6) is -0.604. The van der Waals surface area contributed by atoms with Gasteiger partial charge in [0.15, 0.2) is 0 Å². The second-order valence-corrected chi connectivity index (χ2v) is 9.07. The molecule has 0 unspecified atom stereocenters. The summed E-state index contributed by atoms with van der Waals surface area (Å²) < 4.78 is 39.3. The number of hydrogen-bond donors (Lipinski definition) is 3. The standard InChI is InChI=1S/C23H22ClF3N6O/c24-15-3-1-2-14-10-16(31-17(14)15)18-19-20(28)29-8-9-33(19)21(32-18)13-6-4-12(5-7-13)11-30-22(34)23(25,26)27/h1-3,8-10,12-13,31H,4-7,11H2,(H2,28,29)(H,30,34)/t12-,13-. The minimum absolute atomic E-state index is 0.00386. The summed E-state index contributed by atoms with van der Waals surface area (Å²) in [6.45, 7) is 0.0192. The van der Waals surface area contributed by atoms with Crippen LogP contribution in [0.15, 0.2) is 36.7 Å². The average Bonchev–Trinajstić information content (AvgIpc) is 3.41. The number of hydrogen-bond acceptors (Lipinski definition) is 4. The Hall–Kier alpha value is -3.27. The molecule has 1 saturated carbocycles. The second-order valence-electron chi connectivity index (χ2n) is 8.66. The number of anilines is 1. The third kappa shape index (κ3) is 4.06. The van der Waals surface area contributed by atoms with Crippen molar-refractivity contribution in [3.8, 4) is 11.4 Å². The number of fused-ring (bicyclic) bond motifs is 2. The number of H-pyrrole nitrogens is 1. The van der Waals surface area contributed by atoms with Crippen molar-refractivity contribution in [3.05, 3.63) is 47.5 Å². The summed E-state index contributed by atoms with van der Waals surface area (Å²) in [4.78, 5) is 23.6. The van der Waals surface area contributed by atoms with E-state index in [0.717, 1.165) is 35.3 Å². The zero-order chi connectivity index (χ0) is 24.0. The topological polar surface area (TPSA) is 101 Å². The molecular weight excluding hydrogens is 469 g/mol. The average molecular weight is 491 g/mol. The van der Waals surface area contributed by atoms with Crippen molar-refractivity contribution in [2.75, 3.05) is 12.3 Å². The maximum Gasteiger partial charge on any atom is 0.471 e. The third-order valence-electron chi connectivity index (χ3n) is 6.49. The predicted molar refractivity (Wildman–Crippen MR) is 123 cm³/mol. The summed E-state index contributed by atoms with van der Waals surface area (Å²) in [5.41, 5.74) is 9.19. The molecule has 4 aromatic rings. The van der Waals surface area contributed by atoms with Crippen LogP contribution in [-0.4, -0.2) is 38.0 Å². The van der Waals surface area contributed by atoms with Crippen LogP contribution < -0.4 is 11.1 Å². The van der Waals surface area contributed by atoms with Crippen molar-refractivity contribution in [2.45, 2.75) is 37.8 Å². The van der Waals surface area contributed by atoms with Crippen LogP contribution in [-0.2, 0) is 4.79 Å². The number of nitrogens with two attached hydrogens (primary N) is 1. The molecular formula is C23H22ClF3N6O. The molecule has 0 bridgehead atoms. The van der Waals surface area contributed by atoms with Gasteiger partial charge in [-0.2, -0.15) is 13.2 Å². The highest BCUT2D eigenvalue weighted by molar-refractivity contribution is 6.35. The number of rotatable bonds is 4. The van der Waals surface area contributed by atoms with E-state index in [2.05, 4.69) is 9.97 Å². The Bertz CT molecular complexity index is 1370. The molecule has 1 aromatic carbocycles. The first-order valence-electron chi connectivity index (χ1n) is 11.0. The highest BCUT2D eigenvalue weighted by Gasteiger charge is 2.39. The summed E-state index contributed by atoms with van der Waals surface area (Å²) in [6, 6.07) is 7.62. The number of aromatic nitrogens is 4. The normalized spacial score (nSPS) is 19.1. The Morgan fingerprint density at radius 2 is 2.03 bits per heavy atom. The number of imidazole rings is 1. The fourth-order valence-electron chi connectivity index (χ4n) is 4.77. The van der Waals surface area contributed by atoms with Gasteiger partial charge in [-0.15, -0.1) is 0 Å². The molecule has 0 saturated heterocycles. The van der Waals surface area contributed by atoms with Crippen LogP contribution in [0, 0.1) is 5.92 Å². The van der Waals surface area contributed by atoms with Crippen molar-refractivity contribution in [3.63, 3.8) is 0 Å². The van der Waals surface area contributed by atoms with Gasteiger partial charge in [-0.1, -0.05) is 23.7 Å². The Labute approximate surface area is 197 Å². The Morgan fingerprint density at radius 3 is 2.74 bits per heavy atom. The van der Waals surface area contributed by atoms with E-state index >= 15 is 0 Å². The molecule has 1 aliphatic carbocycles. The van der Waals surface area contributed by atoms with Crippen LogP contribution in [0.5, 0.6) is 0 Å². The number of alkyl halides is 3. The fraction of sp³-hybridized carbons (Fsp3) is 0.348. The number of para-hydroxylation sites is 1. The van der Waals surface area contributed by atoms with Gasteiger partial charge in [-0.05, 0) is 43.7 Å². The molecule has 4 N–H and O–H groups in total. The molecule has 1 fully saturated rings. The molecule has 1 amide bonds. The zero-order valence-electron chi connectivity index (χ0n) is 18.0. The van der Waals surface area contributed by atoms with E-state index in [4.69, 9.17) is 22.3 Å². The van der Waals surface area contributed by atoms with Gasteiger partial charge in [0.1, 0.15) is 22.9 Å². The lowest BCUT2D eigenvalue weighted by Crippen LogP contribution is -2.40. The Morgan fingerprint density at radius 1 is 1.26 bits per heavy atom. The van der Waals surface area contributed by atoms with Gasteiger partial charge in [-0.25, -0.2) is 9.97 Å². The van der Waals surface area contributed by atoms with Gasteiger partial charge < -0.3 is 16.0 Å². The number of amides is 1. The molecule has 11 heteroatoms. The van der Waals surface area contributed by atoms with Gasteiger partial charge in [0, 0.05) is 30.2 Å². The van der Waals surface area contributed by atoms with E-state index in [0.29, 0.717) is 34.9 Å². The van der Waals surface area contributed by atoms with Crippen molar-refractivity contribution in [1.82, 2.24) is 24.7 Å². The summed E-state index contributed by atoms with van der Waals surface area (Å²) in [5, 5.41) is 3.56. The minimum Gasteiger partial charge on any atom is -0.382 e. The number of nitrogens with one attached hydrogen (secondary N) is 2. The van der Waals surface area contributed by atoms with Gasteiger partial charge in [-0.3, -0.25) is 9.20 Å². The minimum atomic E-state index is -4.86. The van der Waals surface area contributed by atoms with Gasteiger partial charge in [0.2, 0.25) is 0 Å². The van der Waals surface area contributed by atoms with Crippen molar-refractivity contribution in [1.29, 1.82) is 0 Å². The lowest BCUT2D eigenvalue weighted by Gasteiger charge is -2.28. The van der Waals surface area contributed by atoms with Crippen LogP contribution in [0.3, 0.4) is 0 Å². The highest BCUT2D eigenvalue weighted by atomic mass is 35.5. The van der Waals surface area contributed by atoms with E-state index in [9.17, 15) is 18.0 Å². The Kier molecular flexibility index (Phi) is 5.63. The maximum atomic E-state index is 12.5. The summed E-state index contributed by atoms with van der Waals surface area (Å²) >= 11 is 6.34. The molecule has 7 nitrogen and oxygen atoms in total. The smallest absolute Gasteiger partial charge is 0.382 e. The second kappa shape index (κ2) is 8.50. The van der Waals surface area contributed by atoms with Crippen LogP contribution in [0.25, 0.3) is 27.8 Å². The van der Waals surface area contributed by atoms with Gasteiger partial charge in [0.25, 0.3) is 0 Å². The number of halogens is 4. The third-order valence-corrected chi connectivity index (χ3v) is 6.81. The number of carbonyl (C=O) groups is 1. The first kappa shape index (κ1) is 22.5. The molecule has 3 heterocycles. The monoisotopic (exact) mass is 490 g/mol. The van der Waals surface area contributed by atoms with Crippen LogP contribution in [0.1, 0.15) is 37.4 Å². The van der Waals surface area contributed by atoms with Crippen LogP contribution in [0.2, 0.25) is 5.02 Å². The summed E-state index contributed by atoms with van der Waals surface area (Å²) in [7, 11) is 0. The quantitative estimate of drug-likeness (QED) is 0.372. The number of benzene rings is 1. The van der Waals surface area contributed by atoms with Crippen molar-refractivity contribution in [2.24, 2.45) is 5.92 Å². The van der Waals surface area contributed by atoms with Crippen LogP contribution in [0.4, 0.5) is 19.0 Å². The molecule has 0 aliphatic heterocycles. The summed E-state index contributed by atoms with van der Waals surface area (Å²) in [6.07, 6.45) is 1.45. The van der Waals surface area contributed by atoms with E-state index in [-0.39, 0.29) is 18.4 Å². The van der Waals surface area contributed by atoms with Crippen molar-refractivity contribution >= 4 is 39.7 Å². The molecule has 178 valence electrons. The molecule has 0 radical (unpaired) electrons. The maximum absolute atomic E-state index is 12.5. The lowest BCUT2D eigenvalue weighted by molar-refractivity contribution is -0.173. The van der Waals surface area contributed by atoms with E-state index < -0.39 is 12.1 Å². The molecule has 1 aliphatic rings. The van der Waals surface area contributed by atoms with Crippen LogP contribution >= 0.6 is 11.6 Å². The first-order chi connectivity index (χ1) is 16.2. The van der Waals surface area contributed by atoms with Crippen molar-refractivity contribution < 1.29 is 18.0 Å². The fourth-order valence-corrected chi connectivity index (χ4v) is 5.00. The van der Waals surface area contributed by atoms with E-state index in [1.165, 1.54) is 0 Å². The molecule has 0 spiro atoms. The molecule has 3 aromatic heterocycles. The number of carbonyl (C=O) groups excluding carboxylic acids is 1.